The highest BCUT2D eigenvalue weighted by Gasteiger charge is 2.43. The number of nitrogen functional groups attached to an aromatic ring is 1. The second-order valence-electron chi connectivity index (χ2n) is 3.19. The number of rotatable bonds is 3. The number of amides is 1. The maximum Gasteiger partial charge on any atom is 0.352 e. The third-order valence-corrected chi connectivity index (χ3v) is 2.08. The van der Waals surface area contributed by atoms with Gasteiger partial charge in [0.2, 0.25) is 0 Å². The van der Waals surface area contributed by atoms with Crippen LogP contribution in [0.15, 0.2) is 24.3 Å². The Morgan fingerprint density at radius 1 is 1.50 bits per heavy atom. The Morgan fingerprint density at radius 3 is 2.62 bits per heavy atom. The first kappa shape index (κ1) is 12.4. The minimum Gasteiger partial charge on any atom is -0.399 e. The lowest BCUT2D eigenvalue weighted by atomic mass is 10.1. The number of hydroxylamine groups is 2. The molecule has 0 saturated heterocycles. The van der Waals surface area contributed by atoms with Crippen molar-refractivity contribution in [2.75, 3.05) is 19.9 Å². The van der Waals surface area contributed by atoms with Crippen LogP contribution in [0.1, 0.15) is 5.56 Å². The predicted octanol–water partition coefficient (Wildman–Crippen LogP) is 1.38. The molecular formula is C10H12F2N2O2. The molecule has 2 N–H and O–H groups in total. The molecule has 0 aromatic heterocycles. The van der Waals surface area contributed by atoms with E-state index >= 15 is 0 Å². The van der Waals surface area contributed by atoms with Gasteiger partial charge in [-0.05, 0) is 12.1 Å². The lowest BCUT2D eigenvalue weighted by Crippen LogP contribution is -2.38. The van der Waals surface area contributed by atoms with E-state index < -0.39 is 17.4 Å². The topological polar surface area (TPSA) is 55.6 Å². The molecule has 1 aromatic rings. The van der Waals surface area contributed by atoms with Crippen LogP contribution in [-0.2, 0) is 15.6 Å². The number of anilines is 1. The Balaban J connectivity index is 3.06. The highest BCUT2D eigenvalue weighted by Crippen LogP contribution is 2.30. The van der Waals surface area contributed by atoms with Gasteiger partial charge in [-0.1, -0.05) is 12.1 Å². The van der Waals surface area contributed by atoms with Gasteiger partial charge in [-0.25, -0.2) is 5.06 Å². The predicted molar refractivity (Wildman–Crippen MR) is 54.5 cm³/mol. The van der Waals surface area contributed by atoms with Gasteiger partial charge < -0.3 is 5.73 Å². The number of carbonyl (C=O) groups is 1. The smallest absolute Gasteiger partial charge is 0.352 e. The fourth-order valence-corrected chi connectivity index (χ4v) is 1.14. The summed E-state index contributed by atoms with van der Waals surface area (Å²) in [5, 5.41) is 0.475. The number of nitrogens with two attached hydrogens (primary N) is 1. The molecule has 0 spiro atoms. The Hall–Kier alpha value is -1.69. The van der Waals surface area contributed by atoms with Crippen molar-refractivity contribution in [2.24, 2.45) is 0 Å². The zero-order valence-electron chi connectivity index (χ0n) is 8.91. The van der Waals surface area contributed by atoms with E-state index in [1.807, 2.05) is 0 Å². The van der Waals surface area contributed by atoms with E-state index in [0.717, 1.165) is 26.3 Å². The average molecular weight is 230 g/mol. The molecule has 0 heterocycles. The van der Waals surface area contributed by atoms with Gasteiger partial charge in [-0.15, -0.1) is 0 Å². The van der Waals surface area contributed by atoms with Crippen molar-refractivity contribution in [2.45, 2.75) is 5.92 Å². The van der Waals surface area contributed by atoms with Crippen LogP contribution in [0.5, 0.6) is 0 Å². The van der Waals surface area contributed by atoms with E-state index in [-0.39, 0.29) is 5.69 Å². The molecule has 0 radical (unpaired) electrons. The van der Waals surface area contributed by atoms with Gasteiger partial charge >= 0.3 is 11.8 Å². The van der Waals surface area contributed by atoms with Crippen molar-refractivity contribution in [3.05, 3.63) is 29.8 Å². The van der Waals surface area contributed by atoms with Gasteiger partial charge in [0.15, 0.2) is 0 Å². The summed E-state index contributed by atoms with van der Waals surface area (Å²) >= 11 is 0. The lowest BCUT2D eigenvalue weighted by molar-refractivity contribution is -0.195. The lowest BCUT2D eigenvalue weighted by Gasteiger charge is -2.21. The van der Waals surface area contributed by atoms with Gasteiger partial charge in [0, 0.05) is 18.3 Å². The van der Waals surface area contributed by atoms with Crippen LogP contribution in [0.4, 0.5) is 14.5 Å². The number of hydrogen-bond donors (Lipinski definition) is 1. The van der Waals surface area contributed by atoms with Gasteiger partial charge in [-0.3, -0.25) is 9.63 Å². The number of carbonyl (C=O) groups excluding carboxylic acids is 1. The van der Waals surface area contributed by atoms with Crippen LogP contribution < -0.4 is 5.73 Å². The summed E-state index contributed by atoms with van der Waals surface area (Å²) in [4.78, 5) is 15.7. The monoisotopic (exact) mass is 230 g/mol. The van der Waals surface area contributed by atoms with E-state index in [2.05, 4.69) is 4.84 Å². The minimum atomic E-state index is -3.65. The number of alkyl halides is 2. The van der Waals surface area contributed by atoms with Crippen LogP contribution in [0, 0.1) is 0 Å². The number of halogens is 2. The Labute approximate surface area is 91.6 Å². The summed E-state index contributed by atoms with van der Waals surface area (Å²) < 4.78 is 27.3. The fourth-order valence-electron chi connectivity index (χ4n) is 1.14. The molecule has 0 aliphatic rings. The molecule has 0 fully saturated rings. The van der Waals surface area contributed by atoms with Crippen LogP contribution in [0.3, 0.4) is 0 Å². The molecule has 16 heavy (non-hydrogen) atoms. The number of benzene rings is 1. The molecule has 0 unspecified atom stereocenters. The number of nitrogens with zero attached hydrogens (tertiary/aromatic N) is 1. The average Bonchev–Trinajstić information content (AvgIpc) is 2.27. The molecule has 88 valence electrons. The first-order chi connectivity index (χ1) is 7.39. The molecule has 1 rings (SSSR count). The highest BCUT2D eigenvalue weighted by atomic mass is 19.3. The van der Waals surface area contributed by atoms with Gasteiger partial charge in [-0.2, -0.15) is 8.78 Å². The zero-order valence-corrected chi connectivity index (χ0v) is 8.91. The third-order valence-electron chi connectivity index (χ3n) is 2.08. The first-order valence-corrected chi connectivity index (χ1v) is 4.45. The van der Waals surface area contributed by atoms with Gasteiger partial charge in [0.25, 0.3) is 0 Å². The summed E-state index contributed by atoms with van der Waals surface area (Å²) in [6.07, 6.45) is 0. The summed E-state index contributed by atoms with van der Waals surface area (Å²) in [5.41, 5.74) is 5.09. The number of hydrogen-bond acceptors (Lipinski definition) is 3. The van der Waals surface area contributed by atoms with E-state index in [4.69, 9.17) is 5.73 Å². The molecule has 0 aliphatic heterocycles. The SMILES string of the molecule is CON(C)C(=O)C(F)(F)c1cccc(N)c1. The van der Waals surface area contributed by atoms with Crippen molar-refractivity contribution < 1.29 is 18.4 Å². The Kier molecular flexibility index (Phi) is 3.44. The second-order valence-corrected chi connectivity index (χ2v) is 3.19. The largest absolute Gasteiger partial charge is 0.399 e. The third kappa shape index (κ3) is 2.27. The van der Waals surface area contributed by atoms with Crippen molar-refractivity contribution in [1.29, 1.82) is 0 Å². The minimum absolute atomic E-state index is 0.171. The van der Waals surface area contributed by atoms with E-state index in [9.17, 15) is 13.6 Å². The van der Waals surface area contributed by atoms with Crippen molar-refractivity contribution in [3.8, 4) is 0 Å². The fraction of sp³-hybridized carbons (Fsp3) is 0.300. The normalized spacial score (nSPS) is 11.2. The Morgan fingerprint density at radius 2 is 2.12 bits per heavy atom. The quantitative estimate of drug-likeness (QED) is 0.630. The maximum absolute atomic E-state index is 13.6. The van der Waals surface area contributed by atoms with Gasteiger partial charge in [0.1, 0.15) is 0 Å². The molecule has 1 amide bonds. The molecular weight excluding hydrogens is 218 g/mol. The standard InChI is InChI=1S/C10H12F2N2O2/c1-14(16-2)9(15)10(11,12)7-4-3-5-8(13)6-7/h3-6H,13H2,1-2H3. The van der Waals surface area contributed by atoms with Crippen LogP contribution in [0.2, 0.25) is 0 Å². The summed E-state index contributed by atoms with van der Waals surface area (Å²) in [5.74, 6) is -5.10. The van der Waals surface area contributed by atoms with Gasteiger partial charge in [0.05, 0.1) is 7.11 Å². The van der Waals surface area contributed by atoms with E-state index in [1.165, 1.54) is 12.1 Å². The highest BCUT2D eigenvalue weighted by molar-refractivity contribution is 5.84. The summed E-state index contributed by atoms with van der Waals surface area (Å²) in [6, 6.07) is 5.02. The van der Waals surface area contributed by atoms with Crippen molar-refractivity contribution >= 4 is 11.6 Å². The molecule has 0 aliphatic carbocycles. The van der Waals surface area contributed by atoms with Crippen LogP contribution >= 0.6 is 0 Å². The molecule has 1 aromatic carbocycles. The van der Waals surface area contributed by atoms with E-state index in [0.29, 0.717) is 5.06 Å². The van der Waals surface area contributed by atoms with Crippen LogP contribution in [0.25, 0.3) is 0 Å². The van der Waals surface area contributed by atoms with Crippen LogP contribution in [-0.4, -0.2) is 25.1 Å². The van der Waals surface area contributed by atoms with Crippen molar-refractivity contribution in [3.63, 3.8) is 0 Å². The summed E-state index contributed by atoms with van der Waals surface area (Å²) in [6.45, 7) is 0. The molecule has 0 atom stereocenters. The zero-order chi connectivity index (χ0) is 12.3. The second kappa shape index (κ2) is 4.44. The molecule has 4 nitrogen and oxygen atoms in total. The summed E-state index contributed by atoms with van der Waals surface area (Å²) in [7, 11) is 2.25. The Bertz CT molecular complexity index is 396. The maximum atomic E-state index is 13.6. The molecule has 6 heteroatoms. The van der Waals surface area contributed by atoms with E-state index in [1.54, 1.807) is 0 Å². The first-order valence-electron chi connectivity index (χ1n) is 4.45. The number of likely N-dealkylation sites (N-methyl/N-ethyl adjacent to an activating group) is 1. The molecule has 0 saturated carbocycles. The van der Waals surface area contributed by atoms with Crippen molar-refractivity contribution in [1.82, 2.24) is 5.06 Å². The molecule has 0 bridgehead atoms.